The van der Waals surface area contributed by atoms with Crippen LogP contribution < -0.4 is 5.32 Å². The fraction of sp³-hybridized carbons (Fsp3) is 0.400. The minimum atomic E-state index is -0.451. The summed E-state index contributed by atoms with van der Waals surface area (Å²) in [4.78, 5) is 14.4. The van der Waals surface area contributed by atoms with Crippen LogP contribution in [0.5, 0.6) is 0 Å². The molecule has 0 radical (unpaired) electrons. The first kappa shape index (κ1) is 21.1. The Morgan fingerprint density at radius 2 is 1.59 bits per heavy atom. The highest BCUT2D eigenvalue weighted by atomic mass is 16.6. The van der Waals surface area contributed by atoms with Gasteiger partial charge < -0.3 is 10.1 Å². The molecule has 29 heavy (non-hydrogen) atoms. The molecule has 3 rings (SSSR count). The molecule has 1 fully saturated rings. The van der Waals surface area contributed by atoms with Gasteiger partial charge in [0.25, 0.3) is 0 Å². The van der Waals surface area contributed by atoms with E-state index in [1.807, 2.05) is 26.8 Å². The second-order valence-electron chi connectivity index (χ2n) is 8.68. The van der Waals surface area contributed by atoms with Crippen molar-refractivity contribution in [3.63, 3.8) is 0 Å². The molecule has 0 saturated carbocycles. The van der Waals surface area contributed by atoms with Gasteiger partial charge in [0.1, 0.15) is 5.60 Å². The molecule has 1 aliphatic heterocycles. The first-order valence-electron chi connectivity index (χ1n) is 10.4. The number of hydrogen-bond acceptors (Lipinski definition) is 3. The number of carbonyl (C=O) groups excluding carboxylic acids is 1. The van der Waals surface area contributed by atoms with Gasteiger partial charge in [0.15, 0.2) is 0 Å². The van der Waals surface area contributed by atoms with Crippen LogP contribution in [0, 0.1) is 0 Å². The van der Waals surface area contributed by atoms with E-state index in [1.54, 1.807) is 0 Å². The maximum atomic E-state index is 11.9. The van der Waals surface area contributed by atoms with Gasteiger partial charge in [-0.15, -0.1) is 0 Å². The van der Waals surface area contributed by atoms with Gasteiger partial charge in [-0.1, -0.05) is 66.7 Å². The van der Waals surface area contributed by atoms with Gasteiger partial charge >= 0.3 is 6.09 Å². The number of likely N-dealkylation sites (tertiary alicyclic amines) is 1. The average molecular weight is 393 g/mol. The summed E-state index contributed by atoms with van der Waals surface area (Å²) in [5.74, 6) is 0. The highest BCUT2D eigenvalue weighted by Gasteiger charge is 2.23. The second kappa shape index (κ2) is 9.75. The van der Waals surface area contributed by atoms with Gasteiger partial charge in [-0.2, -0.15) is 0 Å². The van der Waals surface area contributed by atoms with Crippen LogP contribution in [0.15, 0.2) is 54.6 Å². The van der Waals surface area contributed by atoms with Gasteiger partial charge in [-0.25, -0.2) is 4.79 Å². The van der Waals surface area contributed by atoms with Crippen molar-refractivity contribution in [1.82, 2.24) is 10.2 Å². The number of piperidine rings is 1. The molecule has 1 saturated heterocycles. The van der Waals surface area contributed by atoms with Crippen LogP contribution in [0.1, 0.15) is 50.3 Å². The van der Waals surface area contributed by atoms with E-state index in [4.69, 9.17) is 4.74 Å². The molecule has 1 heterocycles. The van der Waals surface area contributed by atoms with Crippen LogP contribution >= 0.6 is 0 Å². The molecule has 0 bridgehead atoms. The molecule has 4 nitrogen and oxygen atoms in total. The lowest BCUT2D eigenvalue weighted by molar-refractivity contribution is 0.0477. The predicted molar refractivity (Wildman–Crippen MR) is 119 cm³/mol. The summed E-state index contributed by atoms with van der Waals surface area (Å²) in [6.45, 7) is 8.57. The Morgan fingerprint density at radius 3 is 2.17 bits per heavy atom. The van der Waals surface area contributed by atoms with Gasteiger partial charge in [-0.05, 0) is 50.3 Å². The molecule has 0 aliphatic carbocycles. The highest BCUT2D eigenvalue weighted by molar-refractivity contribution is 5.69. The lowest BCUT2D eigenvalue weighted by Crippen LogP contribution is -2.45. The van der Waals surface area contributed by atoms with Crippen LogP contribution in [0.2, 0.25) is 0 Å². The Balaban J connectivity index is 1.43. The van der Waals surface area contributed by atoms with Crippen molar-refractivity contribution in [3.05, 3.63) is 71.3 Å². The topological polar surface area (TPSA) is 41.6 Å². The summed E-state index contributed by atoms with van der Waals surface area (Å²) in [5, 5.41) is 3.00. The SMILES string of the molecule is CC(C)(C)OC(=O)NC1CCN(Cc2ccc(/C=C/c3ccccc3)cc2)CC1. The second-order valence-corrected chi connectivity index (χ2v) is 8.68. The molecular weight excluding hydrogens is 360 g/mol. The van der Waals surface area contributed by atoms with E-state index >= 15 is 0 Å². The Morgan fingerprint density at radius 1 is 1.00 bits per heavy atom. The van der Waals surface area contributed by atoms with Gasteiger partial charge in [0.2, 0.25) is 0 Å². The monoisotopic (exact) mass is 392 g/mol. The number of rotatable bonds is 5. The third-order valence-corrected chi connectivity index (χ3v) is 4.96. The van der Waals surface area contributed by atoms with E-state index in [-0.39, 0.29) is 12.1 Å². The summed E-state index contributed by atoms with van der Waals surface area (Å²) in [6, 6.07) is 19.3. The standard InChI is InChI=1S/C25H32N2O2/c1-25(2,3)29-24(28)26-23-15-17-27(18-16-23)19-22-13-11-21(12-14-22)10-9-20-7-5-4-6-8-20/h4-14,23H,15-19H2,1-3H3,(H,26,28)/b10-9+. The summed E-state index contributed by atoms with van der Waals surface area (Å²) in [6.07, 6.45) is 5.88. The smallest absolute Gasteiger partial charge is 0.407 e. The quantitative estimate of drug-likeness (QED) is 0.698. The third-order valence-electron chi connectivity index (χ3n) is 4.96. The summed E-state index contributed by atoms with van der Waals surface area (Å²) in [7, 11) is 0. The van der Waals surface area contributed by atoms with E-state index < -0.39 is 5.60 Å². The molecule has 1 N–H and O–H groups in total. The minimum Gasteiger partial charge on any atom is -0.444 e. The number of carbonyl (C=O) groups is 1. The maximum Gasteiger partial charge on any atom is 0.407 e. The maximum absolute atomic E-state index is 11.9. The number of nitrogens with zero attached hydrogens (tertiary/aromatic N) is 1. The zero-order valence-corrected chi connectivity index (χ0v) is 17.7. The summed E-state index contributed by atoms with van der Waals surface area (Å²) >= 11 is 0. The normalized spacial score (nSPS) is 16.1. The molecular formula is C25H32N2O2. The number of nitrogens with one attached hydrogen (secondary N) is 1. The Hall–Kier alpha value is -2.59. The van der Waals surface area contributed by atoms with E-state index in [1.165, 1.54) is 16.7 Å². The summed E-state index contributed by atoms with van der Waals surface area (Å²) in [5.41, 5.74) is 3.28. The van der Waals surface area contributed by atoms with Crippen molar-refractivity contribution < 1.29 is 9.53 Å². The van der Waals surface area contributed by atoms with Crippen LogP contribution in [-0.2, 0) is 11.3 Å². The molecule has 2 aromatic rings. The van der Waals surface area contributed by atoms with E-state index in [2.05, 4.69) is 70.9 Å². The van der Waals surface area contributed by atoms with Gasteiger partial charge in [0.05, 0.1) is 0 Å². The summed E-state index contributed by atoms with van der Waals surface area (Å²) < 4.78 is 5.35. The molecule has 0 atom stereocenters. The Kier molecular flexibility index (Phi) is 7.10. The van der Waals surface area contributed by atoms with Crippen molar-refractivity contribution in [2.24, 2.45) is 0 Å². The molecule has 4 heteroatoms. The fourth-order valence-electron chi connectivity index (χ4n) is 3.46. The number of ether oxygens (including phenoxy) is 1. The average Bonchev–Trinajstić information content (AvgIpc) is 2.68. The van der Waals surface area contributed by atoms with Crippen LogP contribution in [0.4, 0.5) is 4.79 Å². The molecule has 0 unspecified atom stereocenters. The molecule has 1 aliphatic rings. The van der Waals surface area contributed by atoms with Gasteiger partial charge in [-0.3, -0.25) is 4.90 Å². The lowest BCUT2D eigenvalue weighted by Gasteiger charge is -2.32. The Labute approximate surface area is 174 Å². The molecule has 2 aromatic carbocycles. The van der Waals surface area contributed by atoms with Crippen molar-refractivity contribution >= 4 is 18.2 Å². The molecule has 0 spiro atoms. The number of amides is 1. The Bertz CT molecular complexity index is 799. The third kappa shape index (κ3) is 7.39. The van der Waals surface area contributed by atoms with E-state index in [0.717, 1.165) is 32.5 Å². The number of hydrogen-bond donors (Lipinski definition) is 1. The highest BCUT2D eigenvalue weighted by Crippen LogP contribution is 2.16. The zero-order chi connectivity index (χ0) is 20.7. The first-order chi connectivity index (χ1) is 13.9. The minimum absolute atomic E-state index is 0.201. The van der Waals surface area contributed by atoms with Crippen molar-refractivity contribution in [3.8, 4) is 0 Å². The van der Waals surface area contributed by atoms with Crippen LogP contribution in [0.3, 0.4) is 0 Å². The molecule has 0 aromatic heterocycles. The number of benzene rings is 2. The zero-order valence-electron chi connectivity index (χ0n) is 17.7. The van der Waals surface area contributed by atoms with E-state index in [9.17, 15) is 4.79 Å². The predicted octanol–water partition coefficient (Wildman–Crippen LogP) is 5.35. The van der Waals surface area contributed by atoms with Crippen molar-refractivity contribution in [1.29, 1.82) is 0 Å². The van der Waals surface area contributed by atoms with Crippen LogP contribution in [-0.4, -0.2) is 35.7 Å². The lowest BCUT2D eigenvalue weighted by atomic mass is 10.0. The van der Waals surface area contributed by atoms with Crippen molar-refractivity contribution in [2.45, 2.75) is 51.8 Å². The fourth-order valence-corrected chi connectivity index (χ4v) is 3.46. The molecule has 154 valence electrons. The number of alkyl carbamates (subject to hydrolysis) is 1. The van der Waals surface area contributed by atoms with Crippen LogP contribution in [0.25, 0.3) is 12.2 Å². The van der Waals surface area contributed by atoms with Gasteiger partial charge in [0, 0.05) is 25.7 Å². The largest absolute Gasteiger partial charge is 0.444 e. The molecule has 1 amide bonds. The van der Waals surface area contributed by atoms with Crippen molar-refractivity contribution in [2.75, 3.05) is 13.1 Å². The first-order valence-corrected chi connectivity index (χ1v) is 10.4. The van der Waals surface area contributed by atoms with E-state index in [0.29, 0.717) is 0 Å².